The summed E-state index contributed by atoms with van der Waals surface area (Å²) in [5.41, 5.74) is 4.41. The first-order chi connectivity index (χ1) is 9.90. The molecule has 4 rings (SSSR count). The van der Waals surface area contributed by atoms with Gasteiger partial charge >= 0.3 is 0 Å². The maximum Gasteiger partial charge on any atom is 0.140 e. The van der Waals surface area contributed by atoms with Crippen LogP contribution in [0.25, 0.3) is 22.4 Å². The molecule has 1 aliphatic rings. The van der Waals surface area contributed by atoms with Gasteiger partial charge in [-0.2, -0.15) is 0 Å². The van der Waals surface area contributed by atoms with Crippen molar-refractivity contribution in [1.29, 1.82) is 0 Å². The lowest BCUT2D eigenvalue weighted by molar-refractivity contribution is 0.949. The highest BCUT2D eigenvalue weighted by molar-refractivity contribution is 5.82. The van der Waals surface area contributed by atoms with Crippen molar-refractivity contribution in [2.75, 3.05) is 18.0 Å². The van der Waals surface area contributed by atoms with E-state index < -0.39 is 0 Å². The maximum absolute atomic E-state index is 4.64. The van der Waals surface area contributed by atoms with E-state index in [1.165, 1.54) is 18.5 Å². The van der Waals surface area contributed by atoms with Gasteiger partial charge in [0.2, 0.25) is 0 Å². The van der Waals surface area contributed by atoms with E-state index in [0.717, 1.165) is 35.5 Å². The first kappa shape index (κ1) is 11.5. The second-order valence-electron chi connectivity index (χ2n) is 5.22. The fraction of sp³-hybridized carbons (Fsp3) is 0.250. The second kappa shape index (κ2) is 4.63. The van der Waals surface area contributed by atoms with Crippen LogP contribution < -0.4 is 4.90 Å². The number of fused-ring (bicyclic) bond motifs is 1. The van der Waals surface area contributed by atoms with Gasteiger partial charge in [0, 0.05) is 36.7 Å². The normalized spacial score (nSPS) is 15.1. The molecule has 2 aromatic heterocycles. The molecular formula is C16H16N4. The predicted octanol–water partition coefficient (Wildman–Crippen LogP) is 3.23. The minimum atomic E-state index is 0.881. The molecule has 3 heterocycles. The summed E-state index contributed by atoms with van der Waals surface area (Å²) in [4.78, 5) is 14.6. The third-order valence-corrected chi connectivity index (χ3v) is 3.87. The average Bonchev–Trinajstić information content (AvgIpc) is 3.16. The summed E-state index contributed by atoms with van der Waals surface area (Å²) in [6.07, 6.45) is 6.20. The predicted molar refractivity (Wildman–Crippen MR) is 80.8 cm³/mol. The molecule has 1 aliphatic heterocycles. The zero-order valence-corrected chi connectivity index (χ0v) is 11.2. The molecule has 0 saturated carbocycles. The fourth-order valence-electron chi connectivity index (χ4n) is 2.81. The molecule has 0 aliphatic carbocycles. The highest BCUT2D eigenvalue weighted by atomic mass is 15.1. The van der Waals surface area contributed by atoms with Crippen LogP contribution in [0.2, 0.25) is 0 Å². The average molecular weight is 264 g/mol. The van der Waals surface area contributed by atoms with E-state index in [1.54, 1.807) is 6.20 Å². The van der Waals surface area contributed by atoms with Crippen molar-refractivity contribution in [2.24, 2.45) is 0 Å². The standard InChI is InChI=1S/C16H16N4/c1-2-9-20(8-1)13-5-6-14-15(10-13)19-16(18-14)12-4-3-7-17-11-12/h3-7,10-11H,1-2,8-9H2,(H,18,19). The Hall–Kier alpha value is -2.36. The molecular weight excluding hydrogens is 248 g/mol. The van der Waals surface area contributed by atoms with Crippen molar-refractivity contribution in [3.63, 3.8) is 0 Å². The van der Waals surface area contributed by atoms with E-state index >= 15 is 0 Å². The van der Waals surface area contributed by atoms with Crippen LogP contribution in [0.1, 0.15) is 12.8 Å². The number of hydrogen-bond acceptors (Lipinski definition) is 3. The maximum atomic E-state index is 4.64. The van der Waals surface area contributed by atoms with Crippen molar-refractivity contribution in [3.8, 4) is 11.4 Å². The monoisotopic (exact) mass is 264 g/mol. The molecule has 3 aromatic rings. The Kier molecular flexibility index (Phi) is 2.66. The fourth-order valence-corrected chi connectivity index (χ4v) is 2.81. The number of benzene rings is 1. The van der Waals surface area contributed by atoms with Gasteiger partial charge in [0.05, 0.1) is 11.0 Å². The third kappa shape index (κ3) is 1.93. The van der Waals surface area contributed by atoms with Crippen molar-refractivity contribution < 1.29 is 0 Å². The van der Waals surface area contributed by atoms with Gasteiger partial charge < -0.3 is 9.88 Å². The highest BCUT2D eigenvalue weighted by Crippen LogP contribution is 2.26. The topological polar surface area (TPSA) is 44.8 Å². The smallest absolute Gasteiger partial charge is 0.140 e. The number of anilines is 1. The van der Waals surface area contributed by atoms with Gasteiger partial charge in [-0.15, -0.1) is 0 Å². The Morgan fingerprint density at radius 3 is 2.80 bits per heavy atom. The Morgan fingerprint density at radius 1 is 1.10 bits per heavy atom. The number of aromatic amines is 1. The Bertz CT molecular complexity index is 727. The van der Waals surface area contributed by atoms with Crippen molar-refractivity contribution in [2.45, 2.75) is 12.8 Å². The summed E-state index contributed by atoms with van der Waals surface area (Å²) in [5, 5.41) is 0. The molecule has 1 saturated heterocycles. The summed E-state index contributed by atoms with van der Waals surface area (Å²) in [6.45, 7) is 2.32. The Balaban J connectivity index is 1.76. The summed E-state index contributed by atoms with van der Waals surface area (Å²) in [7, 11) is 0. The number of nitrogens with one attached hydrogen (secondary N) is 1. The number of rotatable bonds is 2. The molecule has 4 heteroatoms. The first-order valence-corrected chi connectivity index (χ1v) is 7.05. The summed E-state index contributed by atoms with van der Waals surface area (Å²) >= 11 is 0. The zero-order valence-electron chi connectivity index (χ0n) is 11.2. The van der Waals surface area contributed by atoms with Crippen LogP contribution in [-0.2, 0) is 0 Å². The van der Waals surface area contributed by atoms with Crippen molar-refractivity contribution in [1.82, 2.24) is 15.0 Å². The molecule has 0 bridgehead atoms. The SMILES string of the molecule is c1cncc(-c2nc3ccc(N4CCCC4)cc3[nH]2)c1. The lowest BCUT2D eigenvalue weighted by Gasteiger charge is -2.17. The molecule has 0 radical (unpaired) electrons. The summed E-state index contributed by atoms with van der Waals surface area (Å²) in [6, 6.07) is 10.4. The van der Waals surface area contributed by atoms with E-state index in [-0.39, 0.29) is 0 Å². The van der Waals surface area contributed by atoms with E-state index in [1.807, 2.05) is 18.3 Å². The number of pyridine rings is 1. The molecule has 1 fully saturated rings. The van der Waals surface area contributed by atoms with E-state index in [2.05, 4.69) is 38.1 Å². The molecule has 4 nitrogen and oxygen atoms in total. The van der Waals surface area contributed by atoms with E-state index in [9.17, 15) is 0 Å². The minimum Gasteiger partial charge on any atom is -0.371 e. The Labute approximate surface area is 117 Å². The van der Waals surface area contributed by atoms with Gasteiger partial charge in [0.25, 0.3) is 0 Å². The van der Waals surface area contributed by atoms with Crippen LogP contribution in [0.5, 0.6) is 0 Å². The van der Waals surface area contributed by atoms with E-state index in [4.69, 9.17) is 0 Å². The second-order valence-corrected chi connectivity index (χ2v) is 5.22. The summed E-state index contributed by atoms with van der Waals surface area (Å²) in [5.74, 6) is 0.881. The van der Waals surface area contributed by atoms with Crippen LogP contribution in [0, 0.1) is 0 Å². The van der Waals surface area contributed by atoms with Gasteiger partial charge in [-0.05, 0) is 43.2 Å². The van der Waals surface area contributed by atoms with Gasteiger partial charge in [0.15, 0.2) is 0 Å². The van der Waals surface area contributed by atoms with Gasteiger partial charge in [-0.1, -0.05) is 0 Å². The van der Waals surface area contributed by atoms with Crippen molar-refractivity contribution >= 4 is 16.7 Å². The third-order valence-electron chi connectivity index (χ3n) is 3.87. The van der Waals surface area contributed by atoms with Crippen LogP contribution in [0.3, 0.4) is 0 Å². The van der Waals surface area contributed by atoms with E-state index in [0.29, 0.717) is 0 Å². The lowest BCUT2D eigenvalue weighted by Crippen LogP contribution is -2.17. The number of H-pyrrole nitrogens is 1. The largest absolute Gasteiger partial charge is 0.371 e. The van der Waals surface area contributed by atoms with Crippen LogP contribution in [0.15, 0.2) is 42.7 Å². The number of imidazole rings is 1. The van der Waals surface area contributed by atoms with Gasteiger partial charge in [-0.25, -0.2) is 4.98 Å². The molecule has 0 unspecified atom stereocenters. The molecule has 0 atom stereocenters. The molecule has 1 aromatic carbocycles. The van der Waals surface area contributed by atoms with Crippen molar-refractivity contribution in [3.05, 3.63) is 42.7 Å². The molecule has 1 N–H and O–H groups in total. The number of aromatic nitrogens is 3. The summed E-state index contributed by atoms with van der Waals surface area (Å²) < 4.78 is 0. The highest BCUT2D eigenvalue weighted by Gasteiger charge is 2.13. The molecule has 20 heavy (non-hydrogen) atoms. The lowest BCUT2D eigenvalue weighted by atomic mass is 10.2. The minimum absolute atomic E-state index is 0.881. The van der Waals surface area contributed by atoms with Crippen LogP contribution in [-0.4, -0.2) is 28.0 Å². The Morgan fingerprint density at radius 2 is 2.00 bits per heavy atom. The van der Waals surface area contributed by atoms with Gasteiger partial charge in [-0.3, -0.25) is 4.98 Å². The number of hydrogen-bond donors (Lipinski definition) is 1. The first-order valence-electron chi connectivity index (χ1n) is 7.05. The molecule has 100 valence electrons. The quantitative estimate of drug-likeness (QED) is 0.773. The van der Waals surface area contributed by atoms with Crippen LogP contribution in [0.4, 0.5) is 5.69 Å². The number of nitrogens with zero attached hydrogens (tertiary/aromatic N) is 3. The molecule has 0 spiro atoms. The van der Waals surface area contributed by atoms with Gasteiger partial charge in [0.1, 0.15) is 5.82 Å². The zero-order chi connectivity index (χ0) is 13.4. The molecule has 0 amide bonds. The van der Waals surface area contributed by atoms with Crippen LogP contribution >= 0.6 is 0 Å².